The molecule has 0 amide bonds. The van der Waals surface area contributed by atoms with Gasteiger partial charge in [0.1, 0.15) is 12.2 Å². The molecule has 3 N–H and O–H groups in total. The Labute approximate surface area is 146 Å². The van der Waals surface area contributed by atoms with Gasteiger partial charge in [-0.05, 0) is 42.7 Å². The van der Waals surface area contributed by atoms with Gasteiger partial charge in [0.05, 0.1) is 0 Å². The van der Waals surface area contributed by atoms with Crippen LogP contribution in [0.2, 0.25) is 0 Å². The van der Waals surface area contributed by atoms with Gasteiger partial charge in [-0.1, -0.05) is 24.3 Å². The van der Waals surface area contributed by atoms with Crippen LogP contribution in [0.3, 0.4) is 0 Å². The maximum absolute atomic E-state index is 14.7. The number of hydrazine groups is 1. The molecule has 0 spiro atoms. The zero-order valence-electron chi connectivity index (χ0n) is 14.2. The lowest BCUT2D eigenvalue weighted by Gasteiger charge is -2.35. The first kappa shape index (κ1) is 16.9. The summed E-state index contributed by atoms with van der Waals surface area (Å²) in [5.41, 5.74) is 8.06. The Morgan fingerprint density at radius 1 is 1.08 bits per heavy atom. The van der Waals surface area contributed by atoms with Crippen molar-refractivity contribution in [3.8, 4) is 0 Å². The van der Waals surface area contributed by atoms with Gasteiger partial charge in [-0.15, -0.1) is 0 Å². The van der Waals surface area contributed by atoms with Crippen LogP contribution in [0.5, 0.6) is 0 Å². The summed E-state index contributed by atoms with van der Waals surface area (Å²) in [7, 11) is 0. The molecule has 5 atom stereocenters. The number of hydrogen-bond acceptors (Lipinski definition) is 4. The topological polar surface area (TPSA) is 70.6 Å². The minimum atomic E-state index is -0.947. The third kappa shape index (κ3) is 3.30. The highest BCUT2D eigenvalue weighted by atomic mass is 19.1. The standard InChI is InChI=1S/C19H25FN2O3/c20-16-10-17-15(18(19(23)24)22-21-17)9-14(16)13-3-1-11(2-4-13)12-5-7-25-8-6-12/h1-4,12,14-18,21-22H,5-10H2,(H,23,24). The zero-order valence-corrected chi connectivity index (χ0v) is 14.2. The van der Waals surface area contributed by atoms with Crippen molar-refractivity contribution in [2.45, 2.75) is 55.8 Å². The Bertz CT molecular complexity index is 618. The van der Waals surface area contributed by atoms with E-state index in [2.05, 4.69) is 23.0 Å². The predicted molar refractivity (Wildman–Crippen MR) is 91.1 cm³/mol. The number of carboxylic acids is 1. The van der Waals surface area contributed by atoms with Gasteiger partial charge in [0, 0.05) is 31.1 Å². The monoisotopic (exact) mass is 348 g/mol. The molecule has 4 rings (SSSR count). The lowest BCUT2D eigenvalue weighted by atomic mass is 9.72. The summed E-state index contributed by atoms with van der Waals surface area (Å²) in [6.07, 6.45) is 2.04. The molecule has 6 heteroatoms. The van der Waals surface area contributed by atoms with E-state index in [1.54, 1.807) is 0 Å². The van der Waals surface area contributed by atoms with Gasteiger partial charge in [-0.25, -0.2) is 9.82 Å². The Balaban J connectivity index is 1.49. The predicted octanol–water partition coefficient (Wildman–Crippen LogP) is 2.34. The van der Waals surface area contributed by atoms with Crippen LogP contribution in [-0.4, -0.2) is 42.5 Å². The van der Waals surface area contributed by atoms with Crippen LogP contribution in [0, 0.1) is 5.92 Å². The van der Waals surface area contributed by atoms with Crippen LogP contribution in [-0.2, 0) is 9.53 Å². The molecule has 3 fully saturated rings. The van der Waals surface area contributed by atoms with Crippen molar-refractivity contribution in [3.63, 3.8) is 0 Å². The highest BCUT2D eigenvalue weighted by molar-refractivity contribution is 5.74. The van der Waals surface area contributed by atoms with Crippen LogP contribution >= 0.6 is 0 Å². The lowest BCUT2D eigenvalue weighted by molar-refractivity contribution is -0.140. The largest absolute Gasteiger partial charge is 0.480 e. The molecule has 0 radical (unpaired) electrons. The van der Waals surface area contributed by atoms with E-state index in [9.17, 15) is 14.3 Å². The molecule has 2 saturated heterocycles. The maximum Gasteiger partial charge on any atom is 0.322 e. The number of alkyl halides is 1. The smallest absolute Gasteiger partial charge is 0.322 e. The molecule has 5 unspecified atom stereocenters. The van der Waals surface area contributed by atoms with E-state index in [0.29, 0.717) is 18.8 Å². The van der Waals surface area contributed by atoms with Gasteiger partial charge >= 0.3 is 5.97 Å². The van der Waals surface area contributed by atoms with Gasteiger partial charge in [-0.2, -0.15) is 0 Å². The number of hydrogen-bond donors (Lipinski definition) is 3. The second kappa shape index (κ2) is 7.02. The molecule has 1 aromatic carbocycles. The molecule has 3 aliphatic rings. The number of halogens is 1. The van der Waals surface area contributed by atoms with E-state index in [4.69, 9.17) is 4.74 Å². The summed E-state index contributed by atoms with van der Waals surface area (Å²) in [6, 6.07) is 7.56. The van der Waals surface area contributed by atoms with Gasteiger partial charge in [0.2, 0.25) is 0 Å². The minimum Gasteiger partial charge on any atom is -0.480 e. The van der Waals surface area contributed by atoms with Gasteiger partial charge < -0.3 is 9.84 Å². The molecular weight excluding hydrogens is 323 g/mol. The quantitative estimate of drug-likeness (QED) is 0.782. The fourth-order valence-electron chi connectivity index (χ4n) is 4.66. The molecule has 136 valence electrons. The van der Waals surface area contributed by atoms with Crippen molar-refractivity contribution in [3.05, 3.63) is 35.4 Å². The van der Waals surface area contributed by atoms with Crippen LogP contribution in [0.4, 0.5) is 4.39 Å². The number of benzene rings is 1. The number of rotatable bonds is 3. The van der Waals surface area contributed by atoms with Gasteiger partial charge in [0.15, 0.2) is 0 Å². The van der Waals surface area contributed by atoms with E-state index in [0.717, 1.165) is 31.6 Å². The average Bonchev–Trinajstić information content (AvgIpc) is 3.05. The number of nitrogens with one attached hydrogen (secondary N) is 2. The number of fused-ring (bicyclic) bond motifs is 1. The molecule has 5 nitrogen and oxygen atoms in total. The fourth-order valence-corrected chi connectivity index (χ4v) is 4.66. The molecule has 1 saturated carbocycles. The van der Waals surface area contributed by atoms with E-state index in [-0.39, 0.29) is 17.9 Å². The lowest BCUT2D eigenvalue weighted by Crippen LogP contribution is -2.41. The first-order chi connectivity index (χ1) is 12.1. The Kier molecular flexibility index (Phi) is 4.75. The van der Waals surface area contributed by atoms with Crippen LogP contribution in [0.25, 0.3) is 0 Å². The minimum absolute atomic E-state index is 0.0790. The number of carboxylic acid groups (broad SMARTS) is 1. The Hall–Kier alpha value is -1.50. The molecule has 2 heterocycles. The maximum atomic E-state index is 14.7. The van der Waals surface area contributed by atoms with E-state index >= 15 is 0 Å². The van der Waals surface area contributed by atoms with Crippen LogP contribution in [0.1, 0.15) is 48.6 Å². The first-order valence-electron chi connectivity index (χ1n) is 9.19. The van der Waals surface area contributed by atoms with Crippen LogP contribution in [0.15, 0.2) is 24.3 Å². The number of aliphatic carboxylic acids is 1. The van der Waals surface area contributed by atoms with Crippen molar-refractivity contribution in [1.29, 1.82) is 0 Å². The molecule has 25 heavy (non-hydrogen) atoms. The second-order valence-corrected chi connectivity index (χ2v) is 7.52. The molecule has 1 aromatic rings. The summed E-state index contributed by atoms with van der Waals surface area (Å²) in [5, 5.41) is 9.35. The third-order valence-corrected chi connectivity index (χ3v) is 6.13. The van der Waals surface area contributed by atoms with Crippen molar-refractivity contribution in [2.75, 3.05) is 13.2 Å². The molecule has 2 aliphatic heterocycles. The summed E-state index contributed by atoms with van der Waals surface area (Å²) in [6.45, 7) is 1.61. The molecule has 1 aliphatic carbocycles. The number of ether oxygens (including phenoxy) is 1. The third-order valence-electron chi connectivity index (χ3n) is 6.13. The van der Waals surface area contributed by atoms with E-state index in [1.165, 1.54) is 5.56 Å². The highest BCUT2D eigenvalue weighted by Gasteiger charge is 2.47. The van der Waals surface area contributed by atoms with E-state index < -0.39 is 18.2 Å². The van der Waals surface area contributed by atoms with Gasteiger partial charge in [0.25, 0.3) is 0 Å². The zero-order chi connectivity index (χ0) is 17.4. The summed E-state index contributed by atoms with van der Waals surface area (Å²) in [4.78, 5) is 11.4. The molecule has 0 aromatic heterocycles. The Morgan fingerprint density at radius 3 is 2.44 bits per heavy atom. The van der Waals surface area contributed by atoms with Crippen molar-refractivity contribution in [1.82, 2.24) is 10.9 Å². The normalized spacial score (nSPS) is 36.1. The molecule has 0 bridgehead atoms. The summed E-state index contributed by atoms with van der Waals surface area (Å²) >= 11 is 0. The van der Waals surface area contributed by atoms with E-state index in [1.807, 2.05) is 12.1 Å². The molecular formula is C19H25FN2O3. The first-order valence-corrected chi connectivity index (χ1v) is 9.19. The van der Waals surface area contributed by atoms with Crippen molar-refractivity contribution in [2.24, 2.45) is 5.92 Å². The summed E-state index contributed by atoms with van der Waals surface area (Å²) < 4.78 is 20.1. The van der Waals surface area contributed by atoms with Gasteiger partial charge in [-0.3, -0.25) is 10.2 Å². The Morgan fingerprint density at radius 2 is 1.76 bits per heavy atom. The summed E-state index contributed by atoms with van der Waals surface area (Å²) in [5.74, 6) is -0.650. The van der Waals surface area contributed by atoms with Crippen LogP contribution < -0.4 is 10.9 Å². The second-order valence-electron chi connectivity index (χ2n) is 7.52. The SMILES string of the molecule is O=C(O)C1NNC2CC(F)C(c3ccc(C4CCOCC4)cc3)CC21. The van der Waals surface area contributed by atoms with Crippen molar-refractivity contribution >= 4 is 5.97 Å². The van der Waals surface area contributed by atoms with Crippen molar-refractivity contribution < 1.29 is 19.0 Å². The number of carbonyl (C=O) groups is 1. The highest BCUT2D eigenvalue weighted by Crippen LogP contribution is 2.41. The fraction of sp³-hybridized carbons (Fsp3) is 0.632. The average molecular weight is 348 g/mol.